The fraction of sp³-hybridized carbons (Fsp3) is 0.382. The molecular weight excluding hydrogens is 622 g/mol. The molecule has 1 aliphatic carbocycles. The van der Waals surface area contributed by atoms with Gasteiger partial charge in [0.25, 0.3) is 5.91 Å². The molecule has 1 saturated heterocycles. The Hall–Kier alpha value is -2.09. The summed E-state index contributed by atoms with van der Waals surface area (Å²) in [5.41, 5.74) is 6.29. The van der Waals surface area contributed by atoms with Crippen LogP contribution in [0.3, 0.4) is 0 Å². The molecule has 3 aliphatic rings. The van der Waals surface area contributed by atoms with Crippen LogP contribution >= 0.6 is 46.4 Å². The number of rotatable bonds is 10. The highest BCUT2D eigenvalue weighted by Crippen LogP contribution is 2.37. The highest BCUT2D eigenvalue weighted by Gasteiger charge is 2.41. The van der Waals surface area contributed by atoms with Gasteiger partial charge in [-0.3, -0.25) is 9.69 Å². The second-order valence-electron chi connectivity index (χ2n) is 11.8. The minimum atomic E-state index is -0.0366. The van der Waals surface area contributed by atoms with Crippen LogP contribution < -0.4 is 10.6 Å². The van der Waals surface area contributed by atoms with Gasteiger partial charge in [-0.2, -0.15) is 0 Å². The summed E-state index contributed by atoms with van der Waals surface area (Å²) in [6, 6.07) is 20.6. The van der Waals surface area contributed by atoms with E-state index in [0.717, 1.165) is 79.8 Å². The normalized spacial score (nSPS) is 20.0. The molecule has 2 fully saturated rings. The van der Waals surface area contributed by atoms with Gasteiger partial charge in [-0.05, 0) is 71.8 Å². The third kappa shape index (κ3) is 7.10. The Morgan fingerprint density at radius 3 is 2.40 bits per heavy atom. The summed E-state index contributed by atoms with van der Waals surface area (Å²) < 4.78 is 0. The lowest BCUT2D eigenvalue weighted by molar-refractivity contribution is -0.128. The van der Waals surface area contributed by atoms with Gasteiger partial charge < -0.3 is 15.5 Å². The smallest absolute Gasteiger partial charge is 0.252 e. The molecule has 2 bridgehead atoms. The van der Waals surface area contributed by atoms with E-state index in [9.17, 15) is 4.79 Å². The second kappa shape index (κ2) is 13.5. The lowest BCUT2D eigenvalue weighted by Crippen LogP contribution is -2.60. The maximum absolute atomic E-state index is 14.4. The lowest BCUT2D eigenvalue weighted by Gasteiger charge is -2.41. The molecule has 0 aromatic heterocycles. The third-order valence-electron chi connectivity index (χ3n) is 8.72. The SMILES string of the molecule is CCN(Cc1ccc(C2=C(C(=O)N(Cc3cccc(Cl)c3Cl)C3CC3)[C@H]3CNC[C@H](C2)N3)cc1)Cc1ccc(Cl)cc1Cl. The summed E-state index contributed by atoms with van der Waals surface area (Å²) in [7, 11) is 0. The Morgan fingerprint density at radius 2 is 1.67 bits per heavy atom. The van der Waals surface area contributed by atoms with Crippen molar-refractivity contribution in [2.75, 3.05) is 19.6 Å². The molecule has 0 radical (unpaired) electrons. The van der Waals surface area contributed by atoms with E-state index in [0.29, 0.717) is 32.7 Å². The quantitative estimate of drug-likeness (QED) is 0.236. The van der Waals surface area contributed by atoms with Gasteiger partial charge in [-0.1, -0.05) is 95.8 Å². The van der Waals surface area contributed by atoms with Crippen molar-refractivity contribution in [3.05, 3.63) is 109 Å². The Labute approximate surface area is 274 Å². The third-order valence-corrected chi connectivity index (χ3v) is 10.2. The van der Waals surface area contributed by atoms with Crippen molar-refractivity contribution in [1.29, 1.82) is 0 Å². The van der Waals surface area contributed by atoms with Crippen LogP contribution in [0.15, 0.2) is 66.2 Å². The first-order valence-electron chi connectivity index (χ1n) is 15.0. The van der Waals surface area contributed by atoms with Gasteiger partial charge in [0.1, 0.15) is 0 Å². The number of hydrogen-bond acceptors (Lipinski definition) is 4. The van der Waals surface area contributed by atoms with Crippen LogP contribution in [-0.2, 0) is 24.4 Å². The van der Waals surface area contributed by atoms with Crippen LogP contribution in [0.25, 0.3) is 5.57 Å². The van der Waals surface area contributed by atoms with Gasteiger partial charge in [-0.25, -0.2) is 0 Å². The zero-order valence-corrected chi connectivity index (χ0v) is 27.2. The van der Waals surface area contributed by atoms with Crippen LogP contribution in [0.2, 0.25) is 20.1 Å². The number of carbonyl (C=O) groups is 1. The summed E-state index contributed by atoms with van der Waals surface area (Å²) in [4.78, 5) is 18.8. The molecule has 3 aromatic carbocycles. The Bertz CT molecular complexity index is 1520. The van der Waals surface area contributed by atoms with Gasteiger partial charge in [0.15, 0.2) is 0 Å². The van der Waals surface area contributed by atoms with E-state index < -0.39 is 0 Å². The average Bonchev–Trinajstić information content (AvgIpc) is 3.84. The monoisotopic (exact) mass is 656 g/mol. The average molecular weight is 659 g/mol. The zero-order chi connectivity index (χ0) is 30.1. The van der Waals surface area contributed by atoms with Crippen molar-refractivity contribution in [2.24, 2.45) is 0 Å². The van der Waals surface area contributed by atoms with E-state index in [1.165, 1.54) is 5.56 Å². The minimum absolute atomic E-state index is 0.0366. The number of fused-ring (bicyclic) bond motifs is 2. The van der Waals surface area contributed by atoms with E-state index in [1.807, 2.05) is 29.2 Å². The molecule has 1 saturated carbocycles. The van der Waals surface area contributed by atoms with Gasteiger partial charge in [-0.15, -0.1) is 0 Å². The minimum Gasteiger partial charge on any atom is -0.331 e. The largest absolute Gasteiger partial charge is 0.331 e. The zero-order valence-electron chi connectivity index (χ0n) is 24.2. The fourth-order valence-electron chi connectivity index (χ4n) is 6.24. The summed E-state index contributed by atoms with van der Waals surface area (Å²) >= 11 is 25.4. The van der Waals surface area contributed by atoms with E-state index >= 15 is 0 Å². The molecule has 9 heteroatoms. The molecule has 2 heterocycles. The topological polar surface area (TPSA) is 47.6 Å². The first-order chi connectivity index (χ1) is 20.8. The van der Waals surface area contributed by atoms with Gasteiger partial charge in [0, 0.05) is 60.4 Å². The lowest BCUT2D eigenvalue weighted by atomic mass is 9.83. The number of hydrogen-bond donors (Lipinski definition) is 2. The Kier molecular flexibility index (Phi) is 9.70. The number of halogens is 4. The van der Waals surface area contributed by atoms with E-state index in [1.54, 1.807) is 12.1 Å². The molecule has 6 rings (SSSR count). The van der Waals surface area contributed by atoms with Crippen LogP contribution in [-0.4, -0.2) is 53.5 Å². The van der Waals surface area contributed by atoms with Gasteiger partial charge in [0.05, 0.1) is 16.1 Å². The van der Waals surface area contributed by atoms with Crippen LogP contribution in [0, 0.1) is 0 Å². The predicted octanol–water partition coefficient (Wildman–Crippen LogP) is 7.60. The predicted molar refractivity (Wildman–Crippen MR) is 178 cm³/mol. The van der Waals surface area contributed by atoms with E-state index in [-0.39, 0.29) is 18.0 Å². The first-order valence-corrected chi connectivity index (χ1v) is 16.5. The summed E-state index contributed by atoms with van der Waals surface area (Å²) in [5.74, 6) is 0.0919. The van der Waals surface area contributed by atoms with E-state index in [4.69, 9.17) is 46.4 Å². The number of nitrogens with one attached hydrogen (secondary N) is 2. The van der Waals surface area contributed by atoms with Gasteiger partial charge >= 0.3 is 0 Å². The molecule has 43 heavy (non-hydrogen) atoms. The molecule has 0 spiro atoms. The van der Waals surface area contributed by atoms with Crippen molar-refractivity contribution < 1.29 is 4.79 Å². The number of carbonyl (C=O) groups excluding carboxylic acids is 1. The summed E-state index contributed by atoms with van der Waals surface area (Å²) in [6.45, 7) is 6.66. The Balaban J connectivity index is 1.26. The fourth-order valence-corrected chi connectivity index (χ4v) is 7.09. The van der Waals surface area contributed by atoms with Crippen molar-refractivity contribution >= 4 is 57.9 Å². The molecule has 3 aromatic rings. The van der Waals surface area contributed by atoms with Crippen LogP contribution in [0.1, 0.15) is 48.4 Å². The maximum atomic E-state index is 14.4. The molecule has 2 atom stereocenters. The standard InChI is InChI=1S/C34H36Cl4N4O/c1-2-41(19-23-10-11-25(35)14-30(23)37)18-21-6-8-22(9-7-21)28-15-26-16-39-17-31(40-26)32(28)34(43)42(27-12-13-27)20-24-4-3-5-29(36)33(24)38/h3-11,14,26-27,31,39-40H,2,12-13,15-20H2,1H3/t26-,31+/m0/s1. The number of benzene rings is 3. The molecule has 226 valence electrons. The molecule has 1 amide bonds. The van der Waals surface area contributed by atoms with Crippen LogP contribution in [0.4, 0.5) is 0 Å². The number of nitrogens with zero attached hydrogens (tertiary/aromatic N) is 2. The number of piperazine rings is 1. The summed E-state index contributed by atoms with van der Waals surface area (Å²) in [5, 5.41) is 9.61. The molecule has 2 N–H and O–H groups in total. The van der Waals surface area contributed by atoms with Crippen molar-refractivity contribution in [2.45, 2.75) is 63.9 Å². The molecule has 0 unspecified atom stereocenters. The van der Waals surface area contributed by atoms with Gasteiger partial charge in [0.2, 0.25) is 0 Å². The van der Waals surface area contributed by atoms with E-state index in [2.05, 4.69) is 46.7 Å². The maximum Gasteiger partial charge on any atom is 0.252 e. The molecular formula is C34H36Cl4N4O. The highest BCUT2D eigenvalue weighted by molar-refractivity contribution is 6.42. The molecule has 2 aliphatic heterocycles. The second-order valence-corrected chi connectivity index (χ2v) is 13.4. The van der Waals surface area contributed by atoms with Crippen LogP contribution in [0.5, 0.6) is 0 Å². The highest BCUT2D eigenvalue weighted by atomic mass is 35.5. The Morgan fingerprint density at radius 1 is 0.884 bits per heavy atom. The summed E-state index contributed by atoms with van der Waals surface area (Å²) in [6.07, 6.45) is 2.82. The van der Waals surface area contributed by atoms with Crippen molar-refractivity contribution in [1.82, 2.24) is 20.4 Å². The first kappa shape index (κ1) is 30.9. The van der Waals surface area contributed by atoms with Crippen molar-refractivity contribution in [3.63, 3.8) is 0 Å². The van der Waals surface area contributed by atoms with Crippen molar-refractivity contribution in [3.8, 4) is 0 Å². The number of amides is 1. The molecule has 5 nitrogen and oxygen atoms in total.